The molecule has 8 nitrogen and oxygen atoms in total. The van der Waals surface area contributed by atoms with Crippen molar-refractivity contribution in [1.29, 1.82) is 5.26 Å². The van der Waals surface area contributed by atoms with Crippen molar-refractivity contribution >= 4 is 33.3 Å². The van der Waals surface area contributed by atoms with Crippen molar-refractivity contribution in [3.63, 3.8) is 0 Å². The predicted octanol–water partition coefficient (Wildman–Crippen LogP) is 5.48. The molecule has 29 heavy (non-hydrogen) atoms. The first-order valence-corrected chi connectivity index (χ1v) is 9.32. The molecule has 146 valence electrons. The van der Waals surface area contributed by atoms with Gasteiger partial charge in [-0.1, -0.05) is 15.9 Å². The molecule has 0 atom stereocenters. The molecule has 0 spiro atoms. The van der Waals surface area contributed by atoms with Gasteiger partial charge in [0.2, 0.25) is 5.95 Å². The molecule has 0 saturated carbocycles. The number of rotatable bonds is 5. The molecule has 3 rings (SSSR count). The van der Waals surface area contributed by atoms with Crippen LogP contribution in [0, 0.1) is 42.2 Å². The fourth-order valence-corrected chi connectivity index (χ4v) is 3.48. The first-order valence-electron chi connectivity index (χ1n) is 8.53. The molecule has 0 aliphatic heterocycles. The zero-order chi connectivity index (χ0) is 21.1. The quantitative estimate of drug-likeness (QED) is 0.401. The summed E-state index contributed by atoms with van der Waals surface area (Å²) in [4.78, 5) is 19.4. The Bertz CT molecular complexity index is 1120. The molecule has 9 heteroatoms. The lowest BCUT2D eigenvalue weighted by Crippen LogP contribution is -2.06. The highest BCUT2D eigenvalue weighted by Gasteiger charge is 2.25. The number of anilines is 2. The topological polar surface area (TPSA) is 114 Å². The van der Waals surface area contributed by atoms with Gasteiger partial charge in [0.1, 0.15) is 11.4 Å². The van der Waals surface area contributed by atoms with E-state index in [9.17, 15) is 10.1 Å². The van der Waals surface area contributed by atoms with Crippen LogP contribution in [0.2, 0.25) is 0 Å². The van der Waals surface area contributed by atoms with Gasteiger partial charge in [0.25, 0.3) is 0 Å². The van der Waals surface area contributed by atoms with Crippen LogP contribution in [-0.4, -0.2) is 14.9 Å². The number of benzene rings is 2. The highest BCUT2D eigenvalue weighted by molar-refractivity contribution is 9.10. The van der Waals surface area contributed by atoms with E-state index in [0.717, 1.165) is 15.6 Å². The Morgan fingerprint density at radius 1 is 1.14 bits per heavy atom. The first kappa shape index (κ1) is 20.2. The molecule has 2 aromatic carbocycles. The van der Waals surface area contributed by atoms with Crippen LogP contribution >= 0.6 is 15.9 Å². The van der Waals surface area contributed by atoms with Crippen molar-refractivity contribution in [2.45, 2.75) is 20.8 Å². The zero-order valence-corrected chi connectivity index (χ0v) is 17.4. The number of ether oxygens (including phenoxy) is 1. The highest BCUT2D eigenvalue weighted by atomic mass is 79.9. The summed E-state index contributed by atoms with van der Waals surface area (Å²) < 4.78 is 6.77. The van der Waals surface area contributed by atoms with Crippen LogP contribution in [-0.2, 0) is 0 Å². The molecule has 1 heterocycles. The second kappa shape index (κ2) is 8.24. The van der Waals surface area contributed by atoms with Gasteiger partial charge in [0.15, 0.2) is 0 Å². The van der Waals surface area contributed by atoms with E-state index in [-0.39, 0.29) is 23.2 Å². The van der Waals surface area contributed by atoms with E-state index in [1.54, 1.807) is 24.3 Å². The van der Waals surface area contributed by atoms with Crippen molar-refractivity contribution < 1.29 is 9.66 Å². The molecule has 0 aliphatic carbocycles. The van der Waals surface area contributed by atoms with Gasteiger partial charge in [-0.25, -0.2) is 4.98 Å². The molecular weight excluding hydrogens is 438 g/mol. The number of nitrogens with one attached hydrogen (secondary N) is 1. The lowest BCUT2D eigenvalue weighted by Gasteiger charge is -2.13. The fraction of sp³-hybridized carbons (Fsp3) is 0.150. The van der Waals surface area contributed by atoms with Gasteiger partial charge < -0.3 is 10.1 Å². The van der Waals surface area contributed by atoms with Crippen molar-refractivity contribution in [1.82, 2.24) is 9.97 Å². The van der Waals surface area contributed by atoms with Crippen molar-refractivity contribution in [3.8, 4) is 17.7 Å². The van der Waals surface area contributed by atoms with Crippen molar-refractivity contribution in [2.75, 3.05) is 5.32 Å². The van der Waals surface area contributed by atoms with E-state index >= 15 is 0 Å². The minimum Gasteiger partial charge on any atom is -0.433 e. The number of nitriles is 1. The number of halogens is 1. The number of nitrogens with zero attached hydrogens (tertiary/aromatic N) is 4. The lowest BCUT2D eigenvalue weighted by molar-refractivity contribution is -0.386. The fourth-order valence-electron chi connectivity index (χ4n) is 2.79. The molecule has 0 amide bonds. The number of aromatic nitrogens is 2. The maximum absolute atomic E-state index is 11.6. The lowest BCUT2D eigenvalue weighted by atomic mass is 10.1. The van der Waals surface area contributed by atoms with Crippen LogP contribution in [0.1, 0.15) is 22.4 Å². The largest absolute Gasteiger partial charge is 0.433 e. The number of nitro groups is 1. The summed E-state index contributed by atoms with van der Waals surface area (Å²) >= 11 is 3.42. The van der Waals surface area contributed by atoms with Crippen LogP contribution in [0.25, 0.3) is 0 Å². The zero-order valence-electron chi connectivity index (χ0n) is 15.9. The minimum atomic E-state index is -0.556. The third-order valence-electron chi connectivity index (χ3n) is 4.10. The van der Waals surface area contributed by atoms with E-state index < -0.39 is 4.92 Å². The Morgan fingerprint density at radius 2 is 1.76 bits per heavy atom. The molecule has 0 bridgehead atoms. The number of hydrogen-bond donors (Lipinski definition) is 1. The van der Waals surface area contributed by atoms with Gasteiger partial charge in [-0.3, -0.25) is 10.1 Å². The van der Waals surface area contributed by atoms with Crippen LogP contribution in [0.5, 0.6) is 11.6 Å². The van der Waals surface area contributed by atoms with E-state index in [1.165, 1.54) is 6.92 Å². The Labute approximate surface area is 175 Å². The van der Waals surface area contributed by atoms with Crippen molar-refractivity contribution in [2.24, 2.45) is 0 Å². The smallest absolute Gasteiger partial charge is 0.352 e. The van der Waals surface area contributed by atoms with Crippen LogP contribution in [0.4, 0.5) is 17.3 Å². The standard InChI is InChI=1S/C20H16BrN5O3/c1-11-8-15(21)9-12(2)18(11)29-19-17(26(27)28)13(3)23-20(25-19)24-16-6-4-14(10-22)5-7-16/h4-9H,1-3H3,(H,23,24,25). The Kier molecular flexibility index (Phi) is 5.75. The Balaban J connectivity index is 2.03. The van der Waals surface area contributed by atoms with E-state index in [0.29, 0.717) is 17.0 Å². The molecule has 1 aromatic heterocycles. The monoisotopic (exact) mass is 453 g/mol. The minimum absolute atomic E-state index is 0.146. The summed E-state index contributed by atoms with van der Waals surface area (Å²) in [5.41, 5.74) is 2.65. The van der Waals surface area contributed by atoms with Crippen LogP contribution in [0.15, 0.2) is 40.9 Å². The summed E-state index contributed by atoms with van der Waals surface area (Å²) in [7, 11) is 0. The maximum Gasteiger partial charge on any atom is 0.352 e. The summed E-state index contributed by atoms with van der Waals surface area (Å²) in [5, 5.41) is 23.5. The third kappa shape index (κ3) is 4.50. The van der Waals surface area contributed by atoms with Gasteiger partial charge in [-0.2, -0.15) is 10.2 Å². The van der Waals surface area contributed by atoms with Gasteiger partial charge in [0, 0.05) is 10.2 Å². The SMILES string of the molecule is Cc1cc(Br)cc(C)c1Oc1nc(Nc2ccc(C#N)cc2)nc(C)c1[N+](=O)[O-]. The molecule has 0 unspecified atom stereocenters. The molecule has 3 aromatic rings. The second-order valence-electron chi connectivity index (χ2n) is 6.33. The molecule has 0 aliphatic rings. The molecule has 0 saturated heterocycles. The molecule has 0 fully saturated rings. The van der Waals surface area contributed by atoms with Crippen molar-refractivity contribution in [3.05, 3.63) is 73.4 Å². The van der Waals surface area contributed by atoms with Gasteiger partial charge in [-0.05, 0) is 68.3 Å². The maximum atomic E-state index is 11.6. The third-order valence-corrected chi connectivity index (χ3v) is 4.56. The highest BCUT2D eigenvalue weighted by Crippen LogP contribution is 2.36. The first-order chi connectivity index (χ1) is 13.8. The summed E-state index contributed by atoms with van der Waals surface area (Å²) in [5.74, 6) is 0.506. The number of aryl methyl sites for hydroxylation is 3. The number of hydrogen-bond acceptors (Lipinski definition) is 7. The van der Waals surface area contributed by atoms with E-state index in [2.05, 4.69) is 31.2 Å². The molecular formula is C20H16BrN5O3. The Morgan fingerprint density at radius 3 is 2.31 bits per heavy atom. The summed E-state index contributed by atoms with van der Waals surface area (Å²) in [6, 6.07) is 12.4. The summed E-state index contributed by atoms with van der Waals surface area (Å²) in [6.45, 7) is 5.23. The van der Waals surface area contributed by atoms with Gasteiger partial charge in [-0.15, -0.1) is 0 Å². The van der Waals surface area contributed by atoms with Gasteiger partial charge >= 0.3 is 11.6 Å². The van der Waals surface area contributed by atoms with E-state index in [1.807, 2.05) is 32.0 Å². The van der Waals surface area contributed by atoms with Crippen LogP contribution < -0.4 is 10.1 Å². The van der Waals surface area contributed by atoms with Gasteiger partial charge in [0.05, 0.1) is 16.6 Å². The normalized spacial score (nSPS) is 10.3. The molecule has 0 radical (unpaired) electrons. The predicted molar refractivity (Wildman–Crippen MR) is 112 cm³/mol. The Hall–Kier alpha value is -3.51. The van der Waals surface area contributed by atoms with Crippen LogP contribution in [0.3, 0.4) is 0 Å². The average molecular weight is 454 g/mol. The second-order valence-corrected chi connectivity index (χ2v) is 7.24. The average Bonchev–Trinajstić information content (AvgIpc) is 2.64. The van der Waals surface area contributed by atoms with E-state index in [4.69, 9.17) is 10.00 Å². The summed E-state index contributed by atoms with van der Waals surface area (Å²) in [6.07, 6.45) is 0. The molecule has 1 N–H and O–H groups in total.